The summed E-state index contributed by atoms with van der Waals surface area (Å²) in [4.78, 5) is 46.8. The van der Waals surface area contributed by atoms with Gasteiger partial charge in [0.15, 0.2) is 5.78 Å². The maximum atomic E-state index is 13.5. The van der Waals surface area contributed by atoms with Gasteiger partial charge in [-0.3, -0.25) is 24.5 Å². The topological polar surface area (TPSA) is 112 Å². The minimum atomic E-state index is -2.85. The first-order valence-corrected chi connectivity index (χ1v) is 9.81. The molecule has 0 radical (unpaired) electrons. The zero-order valence-electron chi connectivity index (χ0n) is 16.5. The lowest BCUT2D eigenvalue weighted by atomic mass is 9.80. The molecule has 1 aromatic heterocycles. The number of nitrogens with one attached hydrogen (secondary N) is 1. The summed E-state index contributed by atoms with van der Waals surface area (Å²) < 4.78 is 27.0. The molecule has 1 aliphatic carbocycles. The molecule has 3 amide bonds. The molecule has 0 bridgehead atoms. The highest BCUT2D eigenvalue weighted by molar-refractivity contribution is 6.11. The predicted molar refractivity (Wildman–Crippen MR) is 104 cm³/mol. The molecule has 2 aliphatic rings. The molecule has 2 heterocycles. The summed E-state index contributed by atoms with van der Waals surface area (Å²) in [7, 11) is 0. The fraction of sp³-hybridized carbons (Fsp3) is 0.381. The molecule has 31 heavy (non-hydrogen) atoms. The third-order valence-corrected chi connectivity index (χ3v) is 5.79. The van der Waals surface area contributed by atoms with Crippen LogP contribution in [0.4, 0.5) is 13.6 Å². The molecule has 1 saturated heterocycles. The Hall–Kier alpha value is -3.27. The Bertz CT molecular complexity index is 1030. The van der Waals surface area contributed by atoms with Gasteiger partial charge in [0.25, 0.3) is 5.91 Å². The van der Waals surface area contributed by atoms with Crippen LogP contribution in [0.3, 0.4) is 0 Å². The number of ketones is 1. The molecule has 0 atom stereocenters. The van der Waals surface area contributed by atoms with Gasteiger partial charge in [0.05, 0.1) is 24.5 Å². The number of carbonyl (C=O) groups excluding carboxylic acids is 3. The number of hydrogen-bond acceptors (Lipinski definition) is 6. The highest BCUT2D eigenvalue weighted by Crippen LogP contribution is 2.41. The summed E-state index contributed by atoms with van der Waals surface area (Å²) in [6.45, 7) is -0.765. The lowest BCUT2D eigenvalue weighted by Gasteiger charge is -2.34. The minimum Gasteiger partial charge on any atom is -0.390 e. The zero-order chi connectivity index (χ0) is 22.2. The summed E-state index contributed by atoms with van der Waals surface area (Å²) >= 11 is 0. The van der Waals surface area contributed by atoms with Crippen molar-refractivity contribution in [2.24, 2.45) is 0 Å². The van der Waals surface area contributed by atoms with Crippen LogP contribution in [-0.4, -0.2) is 55.7 Å². The lowest BCUT2D eigenvalue weighted by molar-refractivity contribution is -0.135. The van der Waals surface area contributed by atoms with Gasteiger partial charge in [-0.1, -0.05) is 24.3 Å². The van der Waals surface area contributed by atoms with Gasteiger partial charge in [0.1, 0.15) is 5.54 Å². The summed E-state index contributed by atoms with van der Waals surface area (Å²) in [5, 5.41) is 11.9. The molecule has 2 fully saturated rings. The number of benzene rings is 1. The monoisotopic (exact) mass is 430 g/mol. The fourth-order valence-corrected chi connectivity index (χ4v) is 3.97. The molecule has 1 aliphatic heterocycles. The number of imide groups is 1. The fourth-order valence-electron chi connectivity index (χ4n) is 3.97. The van der Waals surface area contributed by atoms with E-state index in [9.17, 15) is 28.3 Å². The second-order valence-corrected chi connectivity index (χ2v) is 7.77. The standard InChI is InChI=1S/C21H20F2N4O4/c22-21(23)7-5-20(6-8-21)18(30)27(19(31)26-20)11-16(29)13-1-3-14(4-2-13)17-15(12-28)24-9-10-25-17/h1-4,9-10,28H,5-8,11-12H2,(H,26,31). The van der Waals surface area contributed by atoms with Gasteiger partial charge in [0.2, 0.25) is 5.92 Å². The number of halogens is 2. The number of rotatable bonds is 5. The van der Waals surface area contributed by atoms with Crippen LogP contribution >= 0.6 is 0 Å². The highest BCUT2D eigenvalue weighted by atomic mass is 19.3. The van der Waals surface area contributed by atoms with Crippen molar-refractivity contribution in [1.29, 1.82) is 0 Å². The maximum absolute atomic E-state index is 13.5. The molecule has 0 unspecified atom stereocenters. The van der Waals surface area contributed by atoms with Crippen LogP contribution in [0.5, 0.6) is 0 Å². The Kier molecular flexibility index (Phi) is 5.26. The molecule has 162 valence electrons. The average Bonchev–Trinajstić information content (AvgIpc) is 3.00. The van der Waals surface area contributed by atoms with E-state index >= 15 is 0 Å². The van der Waals surface area contributed by atoms with E-state index in [1.54, 1.807) is 12.1 Å². The first-order chi connectivity index (χ1) is 14.7. The van der Waals surface area contributed by atoms with E-state index in [1.165, 1.54) is 24.5 Å². The van der Waals surface area contributed by atoms with Crippen LogP contribution in [0.1, 0.15) is 41.7 Å². The largest absolute Gasteiger partial charge is 0.390 e. The number of amides is 3. The second kappa shape index (κ2) is 7.77. The van der Waals surface area contributed by atoms with Crippen LogP contribution in [-0.2, 0) is 11.4 Å². The van der Waals surface area contributed by atoms with Gasteiger partial charge in [0, 0.05) is 36.4 Å². The highest BCUT2D eigenvalue weighted by Gasteiger charge is 2.55. The Balaban J connectivity index is 1.47. The zero-order valence-corrected chi connectivity index (χ0v) is 16.5. The number of alkyl halides is 2. The van der Waals surface area contributed by atoms with Crippen LogP contribution in [0.15, 0.2) is 36.7 Å². The van der Waals surface area contributed by atoms with Crippen LogP contribution in [0.25, 0.3) is 11.3 Å². The van der Waals surface area contributed by atoms with E-state index in [0.717, 1.165) is 4.90 Å². The minimum absolute atomic E-state index is 0.157. The van der Waals surface area contributed by atoms with Crippen molar-refractivity contribution in [2.75, 3.05) is 6.54 Å². The average molecular weight is 430 g/mol. The summed E-state index contributed by atoms with van der Waals surface area (Å²) in [5.41, 5.74) is 0.439. The second-order valence-electron chi connectivity index (χ2n) is 7.77. The Morgan fingerprint density at radius 2 is 1.71 bits per heavy atom. The SMILES string of the molecule is O=C(CN1C(=O)NC2(CCC(F)(F)CC2)C1=O)c1ccc(-c2nccnc2CO)cc1. The summed E-state index contributed by atoms with van der Waals surface area (Å²) in [5.74, 6) is -3.94. The van der Waals surface area contributed by atoms with Crippen molar-refractivity contribution in [3.63, 3.8) is 0 Å². The van der Waals surface area contributed by atoms with Crippen LogP contribution in [0, 0.1) is 0 Å². The third kappa shape index (κ3) is 3.90. The Morgan fingerprint density at radius 1 is 1.06 bits per heavy atom. The quantitative estimate of drug-likeness (QED) is 0.556. The summed E-state index contributed by atoms with van der Waals surface area (Å²) in [6, 6.07) is 5.58. The van der Waals surface area contributed by atoms with Crippen molar-refractivity contribution in [3.05, 3.63) is 47.9 Å². The Labute approximate surface area is 176 Å². The molecule has 1 saturated carbocycles. The van der Waals surface area contributed by atoms with E-state index in [2.05, 4.69) is 15.3 Å². The van der Waals surface area contributed by atoms with Gasteiger partial charge in [-0.25, -0.2) is 13.6 Å². The van der Waals surface area contributed by atoms with Gasteiger partial charge in [-0.05, 0) is 12.8 Å². The van der Waals surface area contributed by atoms with Gasteiger partial charge < -0.3 is 10.4 Å². The van der Waals surface area contributed by atoms with Crippen molar-refractivity contribution in [2.45, 2.75) is 43.8 Å². The number of Topliss-reactive ketones (excluding diaryl/α,β-unsaturated/α-hetero) is 1. The van der Waals surface area contributed by atoms with E-state index < -0.39 is 48.6 Å². The van der Waals surface area contributed by atoms with Crippen molar-refractivity contribution >= 4 is 17.7 Å². The number of aromatic nitrogens is 2. The van der Waals surface area contributed by atoms with E-state index in [1.807, 2.05) is 0 Å². The van der Waals surface area contributed by atoms with E-state index in [-0.39, 0.29) is 25.0 Å². The van der Waals surface area contributed by atoms with E-state index in [0.29, 0.717) is 17.0 Å². The molecular weight excluding hydrogens is 410 g/mol. The number of urea groups is 1. The van der Waals surface area contributed by atoms with Gasteiger partial charge in [-0.2, -0.15) is 0 Å². The normalized spacial score (nSPS) is 19.5. The molecule has 10 heteroatoms. The smallest absolute Gasteiger partial charge is 0.325 e. The number of hydrogen-bond donors (Lipinski definition) is 2. The number of carbonyl (C=O) groups is 3. The molecule has 2 N–H and O–H groups in total. The molecule has 1 aromatic carbocycles. The van der Waals surface area contributed by atoms with Crippen molar-refractivity contribution in [1.82, 2.24) is 20.2 Å². The predicted octanol–water partition coefficient (Wildman–Crippen LogP) is 2.32. The van der Waals surface area contributed by atoms with Gasteiger partial charge in [-0.15, -0.1) is 0 Å². The van der Waals surface area contributed by atoms with Crippen LogP contribution < -0.4 is 5.32 Å². The molecule has 4 rings (SSSR count). The number of aliphatic hydroxyl groups excluding tert-OH is 1. The molecule has 8 nitrogen and oxygen atoms in total. The number of nitrogens with zero attached hydrogens (tertiary/aromatic N) is 3. The number of aliphatic hydroxyl groups is 1. The first kappa shape index (κ1) is 21.0. The molecule has 2 aromatic rings. The van der Waals surface area contributed by atoms with Gasteiger partial charge >= 0.3 is 6.03 Å². The molecular formula is C21H20F2N4O4. The van der Waals surface area contributed by atoms with E-state index in [4.69, 9.17) is 0 Å². The first-order valence-electron chi connectivity index (χ1n) is 9.81. The van der Waals surface area contributed by atoms with Crippen molar-refractivity contribution < 1.29 is 28.3 Å². The lowest BCUT2D eigenvalue weighted by Crippen LogP contribution is -2.51. The third-order valence-electron chi connectivity index (χ3n) is 5.79. The summed E-state index contributed by atoms with van der Waals surface area (Å²) in [6.07, 6.45) is 1.67. The van der Waals surface area contributed by atoms with Crippen molar-refractivity contribution in [3.8, 4) is 11.3 Å². The maximum Gasteiger partial charge on any atom is 0.325 e. The Morgan fingerprint density at radius 3 is 2.35 bits per heavy atom. The van der Waals surface area contributed by atoms with Crippen LogP contribution in [0.2, 0.25) is 0 Å². The molecule has 1 spiro atoms.